The zero-order valence-electron chi connectivity index (χ0n) is 9.11. The van der Waals surface area contributed by atoms with Gasteiger partial charge in [-0.3, -0.25) is 4.79 Å². The third-order valence-electron chi connectivity index (χ3n) is 3.18. The molecule has 1 aliphatic heterocycles. The molecule has 4 heteroatoms. The van der Waals surface area contributed by atoms with Crippen LogP contribution in [0.1, 0.15) is 13.3 Å². The standard InChI is InChI=1S/C12H14ClNO2/c1-12(11(15)16)6-7-14(8-12)10-4-2-9(13)3-5-10/h2-5H,6-8H2,1H3,(H,15,16). The SMILES string of the molecule is CC1(C(=O)O)CCN(c2ccc(Cl)cc2)C1. The van der Waals surface area contributed by atoms with Crippen molar-refractivity contribution in [3.8, 4) is 0 Å². The molecule has 0 radical (unpaired) electrons. The molecule has 0 aromatic heterocycles. The van der Waals surface area contributed by atoms with Crippen molar-refractivity contribution in [3.63, 3.8) is 0 Å². The van der Waals surface area contributed by atoms with Crippen molar-refractivity contribution in [1.29, 1.82) is 0 Å². The van der Waals surface area contributed by atoms with Gasteiger partial charge in [0.05, 0.1) is 5.41 Å². The molecule has 1 fully saturated rings. The van der Waals surface area contributed by atoms with E-state index >= 15 is 0 Å². The van der Waals surface area contributed by atoms with Gasteiger partial charge in [-0.1, -0.05) is 11.6 Å². The third-order valence-corrected chi connectivity index (χ3v) is 3.43. The summed E-state index contributed by atoms with van der Waals surface area (Å²) in [4.78, 5) is 13.2. The molecule has 2 rings (SSSR count). The fourth-order valence-corrected chi connectivity index (χ4v) is 2.13. The lowest BCUT2D eigenvalue weighted by Gasteiger charge is -2.21. The lowest BCUT2D eigenvalue weighted by Crippen LogP contribution is -2.31. The van der Waals surface area contributed by atoms with Crippen LogP contribution in [0.2, 0.25) is 5.02 Å². The van der Waals surface area contributed by atoms with Gasteiger partial charge in [-0.15, -0.1) is 0 Å². The van der Waals surface area contributed by atoms with Crippen molar-refractivity contribution >= 4 is 23.3 Å². The number of anilines is 1. The summed E-state index contributed by atoms with van der Waals surface area (Å²) in [5.74, 6) is -0.719. The molecular formula is C12H14ClNO2. The first-order valence-electron chi connectivity index (χ1n) is 5.25. The highest BCUT2D eigenvalue weighted by molar-refractivity contribution is 6.30. The van der Waals surface area contributed by atoms with Crippen LogP contribution < -0.4 is 4.90 Å². The molecule has 1 N–H and O–H groups in total. The molecule has 1 aliphatic rings. The average molecular weight is 240 g/mol. The van der Waals surface area contributed by atoms with Crippen LogP contribution in [0.5, 0.6) is 0 Å². The van der Waals surface area contributed by atoms with E-state index in [0.717, 1.165) is 12.2 Å². The minimum Gasteiger partial charge on any atom is -0.481 e. The molecule has 0 aliphatic carbocycles. The van der Waals surface area contributed by atoms with Gasteiger partial charge in [0.15, 0.2) is 0 Å². The summed E-state index contributed by atoms with van der Waals surface area (Å²) in [5.41, 5.74) is 0.411. The fourth-order valence-electron chi connectivity index (χ4n) is 2.01. The molecule has 16 heavy (non-hydrogen) atoms. The fraction of sp³-hybridized carbons (Fsp3) is 0.417. The van der Waals surface area contributed by atoms with Crippen LogP contribution in [0.15, 0.2) is 24.3 Å². The first-order chi connectivity index (χ1) is 7.51. The lowest BCUT2D eigenvalue weighted by molar-refractivity contribution is -0.146. The minimum atomic E-state index is -0.719. The second-order valence-corrected chi connectivity index (χ2v) is 4.95. The Bertz CT molecular complexity index is 404. The highest BCUT2D eigenvalue weighted by atomic mass is 35.5. The Morgan fingerprint density at radius 2 is 2.06 bits per heavy atom. The number of rotatable bonds is 2. The zero-order chi connectivity index (χ0) is 11.8. The van der Waals surface area contributed by atoms with Gasteiger partial charge in [0.2, 0.25) is 0 Å². The van der Waals surface area contributed by atoms with Gasteiger partial charge in [0, 0.05) is 23.8 Å². The molecule has 0 amide bonds. The summed E-state index contributed by atoms with van der Waals surface area (Å²) < 4.78 is 0. The molecule has 1 heterocycles. The van der Waals surface area contributed by atoms with Crippen molar-refractivity contribution in [2.24, 2.45) is 5.41 Å². The number of carboxylic acids is 1. The summed E-state index contributed by atoms with van der Waals surface area (Å²) in [6, 6.07) is 7.51. The number of carbonyl (C=O) groups is 1. The maximum Gasteiger partial charge on any atom is 0.311 e. The van der Waals surface area contributed by atoms with Crippen molar-refractivity contribution < 1.29 is 9.90 Å². The molecule has 1 unspecified atom stereocenters. The number of benzene rings is 1. The van der Waals surface area contributed by atoms with Crippen molar-refractivity contribution in [2.45, 2.75) is 13.3 Å². The number of nitrogens with zero attached hydrogens (tertiary/aromatic N) is 1. The second-order valence-electron chi connectivity index (χ2n) is 4.51. The summed E-state index contributed by atoms with van der Waals surface area (Å²) in [6.45, 7) is 3.14. The van der Waals surface area contributed by atoms with E-state index in [9.17, 15) is 4.79 Å². The maximum atomic E-state index is 11.1. The molecule has 3 nitrogen and oxygen atoms in total. The summed E-state index contributed by atoms with van der Waals surface area (Å²) in [5, 5.41) is 9.83. The Morgan fingerprint density at radius 3 is 2.56 bits per heavy atom. The smallest absolute Gasteiger partial charge is 0.311 e. The van der Waals surface area contributed by atoms with Gasteiger partial charge < -0.3 is 10.0 Å². The van der Waals surface area contributed by atoms with Crippen molar-refractivity contribution in [1.82, 2.24) is 0 Å². The van der Waals surface area contributed by atoms with Crippen LogP contribution in [0.4, 0.5) is 5.69 Å². The Morgan fingerprint density at radius 1 is 1.44 bits per heavy atom. The molecule has 1 aromatic carbocycles. The molecule has 86 valence electrons. The molecule has 0 saturated carbocycles. The molecule has 1 aromatic rings. The molecule has 1 saturated heterocycles. The summed E-state index contributed by atoms with van der Waals surface area (Å²) in [7, 11) is 0. The Balaban J connectivity index is 2.15. The maximum absolute atomic E-state index is 11.1. The van der Waals surface area contributed by atoms with Gasteiger partial charge in [-0.2, -0.15) is 0 Å². The zero-order valence-corrected chi connectivity index (χ0v) is 9.87. The molecule has 0 spiro atoms. The third kappa shape index (κ3) is 2.00. The highest BCUT2D eigenvalue weighted by Crippen LogP contribution is 2.33. The van der Waals surface area contributed by atoms with E-state index < -0.39 is 11.4 Å². The molecular weight excluding hydrogens is 226 g/mol. The summed E-state index contributed by atoms with van der Waals surface area (Å²) >= 11 is 5.81. The number of halogens is 1. The Kier molecular flexibility index (Phi) is 2.80. The van der Waals surface area contributed by atoms with Crippen LogP contribution >= 0.6 is 11.6 Å². The first kappa shape index (κ1) is 11.3. The van der Waals surface area contributed by atoms with Gasteiger partial charge >= 0.3 is 5.97 Å². The number of hydrogen-bond acceptors (Lipinski definition) is 2. The van der Waals surface area contributed by atoms with E-state index in [4.69, 9.17) is 16.7 Å². The molecule has 0 bridgehead atoms. The van der Waals surface area contributed by atoms with Gasteiger partial charge in [-0.05, 0) is 37.6 Å². The number of aliphatic carboxylic acids is 1. The van der Waals surface area contributed by atoms with E-state index in [0.29, 0.717) is 18.0 Å². The highest BCUT2D eigenvalue weighted by Gasteiger charge is 2.40. The van der Waals surface area contributed by atoms with Crippen molar-refractivity contribution in [2.75, 3.05) is 18.0 Å². The van der Waals surface area contributed by atoms with Gasteiger partial charge in [-0.25, -0.2) is 0 Å². The van der Waals surface area contributed by atoms with Gasteiger partial charge in [0.25, 0.3) is 0 Å². The predicted molar refractivity (Wildman–Crippen MR) is 64.0 cm³/mol. The van der Waals surface area contributed by atoms with E-state index in [2.05, 4.69) is 4.90 Å². The Hall–Kier alpha value is -1.22. The van der Waals surface area contributed by atoms with E-state index in [1.165, 1.54) is 0 Å². The number of carboxylic acid groups (broad SMARTS) is 1. The van der Waals surface area contributed by atoms with Crippen LogP contribution in [0, 0.1) is 5.41 Å². The normalized spacial score (nSPS) is 24.8. The van der Waals surface area contributed by atoms with Gasteiger partial charge in [0.1, 0.15) is 0 Å². The lowest BCUT2D eigenvalue weighted by atomic mass is 9.90. The van der Waals surface area contributed by atoms with E-state index in [1.807, 2.05) is 24.3 Å². The van der Waals surface area contributed by atoms with Crippen molar-refractivity contribution in [3.05, 3.63) is 29.3 Å². The Labute approximate surface area is 99.6 Å². The van der Waals surface area contributed by atoms with Crippen LogP contribution in [0.3, 0.4) is 0 Å². The quantitative estimate of drug-likeness (QED) is 0.863. The summed E-state index contributed by atoms with van der Waals surface area (Å²) in [6.07, 6.45) is 0.685. The largest absolute Gasteiger partial charge is 0.481 e. The van der Waals surface area contributed by atoms with E-state index in [-0.39, 0.29) is 0 Å². The first-order valence-corrected chi connectivity index (χ1v) is 5.63. The van der Waals surface area contributed by atoms with Crippen LogP contribution in [-0.2, 0) is 4.79 Å². The van der Waals surface area contributed by atoms with Crippen LogP contribution in [0.25, 0.3) is 0 Å². The predicted octanol–water partition coefficient (Wildman–Crippen LogP) is 2.64. The average Bonchev–Trinajstić information content (AvgIpc) is 2.63. The van der Waals surface area contributed by atoms with Crippen LogP contribution in [-0.4, -0.2) is 24.2 Å². The molecule has 1 atom stereocenters. The van der Waals surface area contributed by atoms with E-state index in [1.54, 1.807) is 6.92 Å². The minimum absolute atomic E-state index is 0.559. The topological polar surface area (TPSA) is 40.5 Å². The second kappa shape index (κ2) is 3.98. The number of hydrogen-bond donors (Lipinski definition) is 1. The monoisotopic (exact) mass is 239 g/mol.